The lowest BCUT2D eigenvalue weighted by Gasteiger charge is -2.28. The second-order valence-corrected chi connectivity index (χ2v) is 14.2. The van der Waals surface area contributed by atoms with E-state index in [9.17, 15) is 0 Å². The molecule has 0 N–H and O–H groups in total. The van der Waals surface area contributed by atoms with Crippen LogP contribution in [-0.2, 0) is 5.41 Å². The first-order valence-electron chi connectivity index (χ1n) is 17.5. The fraction of sp³-hybridized carbons (Fsp3) is 0.0612. The highest BCUT2D eigenvalue weighted by molar-refractivity contribution is 6.18. The molecule has 0 spiro atoms. The molecule has 236 valence electrons. The summed E-state index contributed by atoms with van der Waals surface area (Å²) in [4.78, 5) is 2.45. The number of anilines is 3. The second kappa shape index (κ2) is 10.9. The zero-order chi connectivity index (χ0) is 33.4. The Bertz CT molecular complexity index is 2800. The quantitative estimate of drug-likeness (QED) is 0.174. The zero-order valence-corrected chi connectivity index (χ0v) is 28.2. The van der Waals surface area contributed by atoms with Crippen LogP contribution >= 0.6 is 0 Å². The number of benzene rings is 9. The summed E-state index contributed by atoms with van der Waals surface area (Å²) in [5.74, 6) is 0. The van der Waals surface area contributed by atoms with Crippen LogP contribution in [0.2, 0.25) is 0 Å². The molecule has 1 aliphatic rings. The average Bonchev–Trinajstić information content (AvgIpc) is 3.40. The van der Waals surface area contributed by atoms with Gasteiger partial charge in [-0.05, 0) is 113 Å². The highest BCUT2D eigenvalue weighted by Crippen LogP contribution is 2.51. The van der Waals surface area contributed by atoms with E-state index in [1.165, 1.54) is 76.5 Å². The van der Waals surface area contributed by atoms with Gasteiger partial charge in [0.1, 0.15) is 0 Å². The Balaban J connectivity index is 1.21. The molecule has 10 rings (SSSR count). The van der Waals surface area contributed by atoms with Crippen molar-refractivity contribution in [1.29, 1.82) is 0 Å². The van der Waals surface area contributed by atoms with Crippen molar-refractivity contribution in [3.8, 4) is 22.3 Å². The lowest BCUT2D eigenvalue weighted by atomic mass is 9.82. The van der Waals surface area contributed by atoms with Crippen LogP contribution in [0, 0.1) is 0 Å². The van der Waals surface area contributed by atoms with E-state index in [2.05, 4.69) is 195 Å². The van der Waals surface area contributed by atoms with Crippen molar-refractivity contribution in [1.82, 2.24) is 0 Å². The summed E-state index contributed by atoms with van der Waals surface area (Å²) in [7, 11) is 0. The van der Waals surface area contributed by atoms with Crippen molar-refractivity contribution < 1.29 is 0 Å². The molecule has 0 saturated heterocycles. The summed E-state index contributed by atoms with van der Waals surface area (Å²) < 4.78 is 0. The van der Waals surface area contributed by atoms with Crippen molar-refractivity contribution >= 4 is 60.2 Å². The van der Waals surface area contributed by atoms with Crippen LogP contribution in [0.5, 0.6) is 0 Å². The lowest BCUT2D eigenvalue weighted by molar-refractivity contribution is 0.660. The van der Waals surface area contributed by atoms with Gasteiger partial charge >= 0.3 is 0 Å². The maximum absolute atomic E-state index is 2.45. The fourth-order valence-electron chi connectivity index (χ4n) is 8.53. The predicted octanol–water partition coefficient (Wildman–Crippen LogP) is 13.7. The van der Waals surface area contributed by atoms with Crippen LogP contribution < -0.4 is 4.90 Å². The normalized spacial score (nSPS) is 13.2. The molecule has 0 heterocycles. The van der Waals surface area contributed by atoms with E-state index in [1.807, 2.05) is 0 Å². The molecule has 0 unspecified atom stereocenters. The van der Waals surface area contributed by atoms with Crippen LogP contribution in [0.3, 0.4) is 0 Å². The van der Waals surface area contributed by atoms with E-state index < -0.39 is 0 Å². The molecule has 0 fully saturated rings. The molecular weight excluding hydrogens is 603 g/mol. The number of nitrogens with zero attached hydrogens (tertiary/aromatic N) is 1. The van der Waals surface area contributed by atoms with Gasteiger partial charge in [-0.2, -0.15) is 0 Å². The van der Waals surface area contributed by atoms with Gasteiger partial charge in [-0.1, -0.05) is 153 Å². The molecule has 0 aromatic heterocycles. The van der Waals surface area contributed by atoms with E-state index in [-0.39, 0.29) is 5.41 Å². The molecule has 0 aliphatic heterocycles. The van der Waals surface area contributed by atoms with Crippen molar-refractivity contribution in [2.75, 3.05) is 4.90 Å². The fourth-order valence-corrected chi connectivity index (χ4v) is 8.53. The van der Waals surface area contributed by atoms with E-state index in [4.69, 9.17) is 0 Å². The smallest absolute Gasteiger partial charge is 0.0468 e. The molecular formula is C49H35N. The molecule has 9 aromatic carbocycles. The molecule has 1 heteroatoms. The van der Waals surface area contributed by atoms with E-state index in [0.29, 0.717) is 0 Å². The van der Waals surface area contributed by atoms with Gasteiger partial charge in [-0.3, -0.25) is 0 Å². The van der Waals surface area contributed by atoms with Crippen LogP contribution in [-0.4, -0.2) is 0 Å². The number of rotatable bonds is 4. The topological polar surface area (TPSA) is 3.24 Å². The molecule has 1 nitrogen and oxygen atoms in total. The predicted molar refractivity (Wildman–Crippen MR) is 214 cm³/mol. The Hall–Kier alpha value is -6.18. The number of hydrogen-bond donors (Lipinski definition) is 0. The standard InChI is InChI=1S/C49H35N/c1-49(2)47-20-8-7-18-44(47)46-31-38(25-28-48(46)49)50(36-15-9-14-35(29-36)41-19-10-13-32-11-3-5-16-39(32)41)37-24-21-34-23-26-42-40-17-6-4-12-33(40)22-27-43(42)45(34)30-37/h3-31H,1-2H3. The van der Waals surface area contributed by atoms with Gasteiger partial charge in [-0.15, -0.1) is 0 Å². The van der Waals surface area contributed by atoms with Gasteiger partial charge in [-0.25, -0.2) is 0 Å². The minimum atomic E-state index is -0.0474. The third kappa shape index (κ3) is 4.33. The Kier molecular flexibility index (Phi) is 6.29. The Morgan fingerprint density at radius 2 is 0.900 bits per heavy atom. The van der Waals surface area contributed by atoms with Gasteiger partial charge in [0.2, 0.25) is 0 Å². The Morgan fingerprint density at radius 3 is 1.76 bits per heavy atom. The van der Waals surface area contributed by atoms with Gasteiger partial charge in [0.05, 0.1) is 0 Å². The minimum Gasteiger partial charge on any atom is -0.310 e. The minimum absolute atomic E-state index is 0.0474. The summed E-state index contributed by atoms with van der Waals surface area (Å²) in [5, 5.41) is 10.1. The lowest BCUT2D eigenvalue weighted by Crippen LogP contribution is -2.15. The highest BCUT2D eigenvalue weighted by Gasteiger charge is 2.35. The Labute approximate surface area is 292 Å². The van der Waals surface area contributed by atoms with Crippen LogP contribution in [0.15, 0.2) is 176 Å². The number of hydrogen-bond acceptors (Lipinski definition) is 1. The monoisotopic (exact) mass is 637 g/mol. The molecule has 1 aliphatic carbocycles. The van der Waals surface area contributed by atoms with E-state index in [0.717, 1.165) is 17.1 Å². The van der Waals surface area contributed by atoms with Crippen molar-refractivity contribution in [2.45, 2.75) is 19.3 Å². The van der Waals surface area contributed by atoms with Crippen molar-refractivity contribution in [2.24, 2.45) is 0 Å². The van der Waals surface area contributed by atoms with Crippen molar-refractivity contribution in [3.05, 3.63) is 187 Å². The largest absolute Gasteiger partial charge is 0.310 e. The van der Waals surface area contributed by atoms with Crippen LogP contribution in [0.1, 0.15) is 25.0 Å². The van der Waals surface area contributed by atoms with Crippen molar-refractivity contribution in [3.63, 3.8) is 0 Å². The third-order valence-electron chi connectivity index (χ3n) is 11.0. The summed E-state index contributed by atoms with van der Waals surface area (Å²) in [5.41, 5.74) is 11.2. The highest BCUT2D eigenvalue weighted by atomic mass is 15.1. The maximum Gasteiger partial charge on any atom is 0.0468 e. The SMILES string of the molecule is CC1(C)c2ccccc2-c2cc(N(c3cccc(-c4cccc5ccccc45)c3)c3ccc4ccc5c6ccccc6ccc5c4c3)ccc21. The van der Waals surface area contributed by atoms with Crippen LogP contribution in [0.25, 0.3) is 65.3 Å². The third-order valence-corrected chi connectivity index (χ3v) is 11.0. The molecule has 0 amide bonds. The molecule has 50 heavy (non-hydrogen) atoms. The summed E-state index contributed by atoms with van der Waals surface area (Å²) >= 11 is 0. The van der Waals surface area contributed by atoms with E-state index in [1.54, 1.807) is 0 Å². The van der Waals surface area contributed by atoms with Gasteiger partial charge in [0.15, 0.2) is 0 Å². The molecule has 0 bridgehead atoms. The summed E-state index contributed by atoms with van der Waals surface area (Å²) in [6.07, 6.45) is 0. The van der Waals surface area contributed by atoms with Gasteiger partial charge < -0.3 is 4.90 Å². The molecule has 0 saturated carbocycles. The molecule has 0 atom stereocenters. The molecule has 9 aromatic rings. The first-order chi connectivity index (χ1) is 24.5. The second-order valence-electron chi connectivity index (χ2n) is 14.2. The average molecular weight is 638 g/mol. The summed E-state index contributed by atoms with van der Waals surface area (Å²) in [6.45, 7) is 4.70. The van der Waals surface area contributed by atoms with E-state index >= 15 is 0 Å². The number of fused-ring (bicyclic) bond motifs is 9. The Morgan fingerprint density at radius 1 is 0.340 bits per heavy atom. The summed E-state index contributed by atoms with van der Waals surface area (Å²) in [6, 6.07) is 65.1. The van der Waals surface area contributed by atoms with Gasteiger partial charge in [0, 0.05) is 22.5 Å². The zero-order valence-electron chi connectivity index (χ0n) is 28.2. The maximum atomic E-state index is 2.45. The van der Waals surface area contributed by atoms with Crippen LogP contribution in [0.4, 0.5) is 17.1 Å². The van der Waals surface area contributed by atoms with Gasteiger partial charge in [0.25, 0.3) is 0 Å². The first-order valence-corrected chi connectivity index (χ1v) is 17.5. The molecule has 0 radical (unpaired) electrons. The first kappa shape index (κ1) is 28.8.